The van der Waals surface area contributed by atoms with E-state index in [1.165, 1.54) is 0 Å². The molecule has 0 radical (unpaired) electrons. The molecule has 1 heterocycles. The van der Waals surface area contributed by atoms with Gasteiger partial charge in [-0.05, 0) is 19.1 Å². The van der Waals surface area contributed by atoms with Gasteiger partial charge in [0, 0.05) is 0 Å². The molecule has 0 spiro atoms. The smallest absolute Gasteiger partial charge is 0.104 e. The van der Waals surface area contributed by atoms with Gasteiger partial charge in [-0.3, -0.25) is 0 Å². The molecule has 2 nitrogen and oxygen atoms in total. The van der Waals surface area contributed by atoms with E-state index in [-0.39, 0.29) is 7.43 Å². The lowest BCUT2D eigenvalue weighted by Crippen LogP contribution is -1.71. The van der Waals surface area contributed by atoms with Gasteiger partial charge in [-0.25, -0.2) is 4.98 Å². The fraction of sp³-hybridized carbons (Fsp3) is 0.222. The highest BCUT2D eigenvalue weighted by Gasteiger charge is 2.03. The highest BCUT2D eigenvalue weighted by Crippen LogP contribution is 2.26. The predicted octanol–water partition coefficient (Wildman–Crippen LogP) is 3.81. The first-order chi connectivity index (χ1) is 5.66. The molecule has 0 bridgehead atoms. The summed E-state index contributed by atoms with van der Waals surface area (Å²) in [5.41, 5.74) is 1.77. The third-order valence-corrected chi connectivity index (χ3v) is 2.36. The van der Waals surface area contributed by atoms with E-state index in [9.17, 15) is 0 Å². The zero-order chi connectivity index (χ0) is 8.72. The van der Waals surface area contributed by atoms with Crippen LogP contribution in [-0.2, 0) is 0 Å². The molecule has 0 aliphatic carbocycles. The summed E-state index contributed by atoms with van der Waals surface area (Å²) < 4.78 is 0. The molecule has 1 aromatic carbocycles. The summed E-state index contributed by atoms with van der Waals surface area (Å²) in [5.74, 6) is 0.864. The number of imidazole rings is 1. The van der Waals surface area contributed by atoms with Gasteiger partial charge in [0.25, 0.3) is 0 Å². The van der Waals surface area contributed by atoms with E-state index in [2.05, 4.69) is 9.97 Å². The van der Waals surface area contributed by atoms with Crippen LogP contribution in [0.5, 0.6) is 0 Å². The topological polar surface area (TPSA) is 28.7 Å². The van der Waals surface area contributed by atoms with Crippen molar-refractivity contribution >= 4 is 34.2 Å². The summed E-state index contributed by atoms with van der Waals surface area (Å²) in [6.45, 7) is 1.89. The van der Waals surface area contributed by atoms with Crippen LogP contribution in [0.3, 0.4) is 0 Å². The molecule has 1 N–H and O–H groups in total. The maximum absolute atomic E-state index is 5.82. The number of nitrogens with one attached hydrogen (secondary N) is 1. The second-order valence-corrected chi connectivity index (χ2v) is 3.42. The molecule has 1 aromatic heterocycles. The number of halogens is 2. The van der Waals surface area contributed by atoms with Crippen LogP contribution in [0.2, 0.25) is 10.0 Å². The lowest BCUT2D eigenvalue weighted by molar-refractivity contribution is 1.17. The Bertz CT molecular complexity index is 395. The van der Waals surface area contributed by atoms with Crippen LogP contribution in [0.25, 0.3) is 11.0 Å². The number of benzene rings is 1. The number of H-pyrrole nitrogens is 1. The molecule has 2 aromatic rings. The number of hydrogen-bond acceptors (Lipinski definition) is 1. The number of rotatable bonds is 0. The average Bonchev–Trinajstić information content (AvgIpc) is 2.30. The third-order valence-electron chi connectivity index (χ3n) is 1.64. The first kappa shape index (κ1) is 10.4. The SMILES string of the molecule is C.Cc1nc2cc(Cl)c(Cl)cc2[nH]1. The van der Waals surface area contributed by atoms with Crippen molar-refractivity contribution in [2.75, 3.05) is 0 Å². The first-order valence-corrected chi connectivity index (χ1v) is 4.24. The van der Waals surface area contributed by atoms with Gasteiger partial charge in [0.15, 0.2) is 0 Å². The molecule has 70 valence electrons. The van der Waals surface area contributed by atoms with E-state index in [1.807, 2.05) is 6.92 Å². The van der Waals surface area contributed by atoms with Crippen LogP contribution < -0.4 is 0 Å². The van der Waals surface area contributed by atoms with Crippen LogP contribution in [0.4, 0.5) is 0 Å². The number of aromatic nitrogens is 2. The number of aromatic amines is 1. The Kier molecular flexibility index (Phi) is 2.84. The van der Waals surface area contributed by atoms with Gasteiger partial charge in [-0.2, -0.15) is 0 Å². The van der Waals surface area contributed by atoms with Crippen molar-refractivity contribution in [2.24, 2.45) is 0 Å². The number of hydrogen-bond donors (Lipinski definition) is 1. The van der Waals surface area contributed by atoms with E-state index in [4.69, 9.17) is 23.2 Å². The number of fused-ring (bicyclic) bond motifs is 1. The van der Waals surface area contributed by atoms with Gasteiger partial charge in [0.2, 0.25) is 0 Å². The summed E-state index contributed by atoms with van der Waals surface area (Å²) in [4.78, 5) is 7.29. The van der Waals surface area contributed by atoms with Crippen LogP contribution in [0, 0.1) is 6.92 Å². The minimum atomic E-state index is 0. The zero-order valence-electron chi connectivity index (χ0n) is 6.36. The van der Waals surface area contributed by atoms with E-state index < -0.39 is 0 Å². The minimum Gasteiger partial charge on any atom is -0.342 e. The quantitative estimate of drug-likeness (QED) is 0.713. The van der Waals surface area contributed by atoms with E-state index in [0.717, 1.165) is 16.9 Å². The van der Waals surface area contributed by atoms with Crippen molar-refractivity contribution in [3.8, 4) is 0 Å². The molecule has 0 atom stereocenters. The summed E-state index contributed by atoms with van der Waals surface area (Å²) in [6.07, 6.45) is 0. The largest absolute Gasteiger partial charge is 0.342 e. The molecule has 0 amide bonds. The van der Waals surface area contributed by atoms with Crippen LogP contribution in [0.15, 0.2) is 12.1 Å². The highest BCUT2D eigenvalue weighted by molar-refractivity contribution is 6.42. The summed E-state index contributed by atoms with van der Waals surface area (Å²) in [7, 11) is 0. The van der Waals surface area contributed by atoms with Gasteiger partial charge < -0.3 is 4.98 Å². The van der Waals surface area contributed by atoms with Crippen LogP contribution in [0.1, 0.15) is 13.3 Å². The van der Waals surface area contributed by atoms with E-state index in [1.54, 1.807) is 12.1 Å². The first-order valence-electron chi connectivity index (χ1n) is 3.48. The van der Waals surface area contributed by atoms with Crippen molar-refractivity contribution in [3.63, 3.8) is 0 Å². The van der Waals surface area contributed by atoms with Crippen molar-refractivity contribution in [2.45, 2.75) is 14.4 Å². The van der Waals surface area contributed by atoms with Gasteiger partial charge in [-0.15, -0.1) is 0 Å². The molecule has 0 aliphatic rings. The molecule has 2 rings (SSSR count). The minimum absolute atomic E-state index is 0. The lowest BCUT2D eigenvalue weighted by atomic mass is 10.3. The van der Waals surface area contributed by atoms with E-state index in [0.29, 0.717) is 10.0 Å². The Morgan fingerprint density at radius 1 is 1.23 bits per heavy atom. The Hall–Kier alpha value is -0.730. The maximum Gasteiger partial charge on any atom is 0.104 e. The molecular formula is C9H10Cl2N2. The summed E-state index contributed by atoms with van der Waals surface area (Å²) >= 11 is 11.6. The van der Waals surface area contributed by atoms with E-state index >= 15 is 0 Å². The highest BCUT2D eigenvalue weighted by atomic mass is 35.5. The normalized spacial score (nSPS) is 10.1. The number of nitrogens with zero attached hydrogens (tertiary/aromatic N) is 1. The van der Waals surface area contributed by atoms with Crippen molar-refractivity contribution < 1.29 is 0 Å². The Morgan fingerprint density at radius 3 is 2.54 bits per heavy atom. The summed E-state index contributed by atoms with van der Waals surface area (Å²) in [6, 6.07) is 3.53. The Morgan fingerprint density at radius 2 is 1.85 bits per heavy atom. The average molecular weight is 217 g/mol. The second kappa shape index (κ2) is 3.56. The maximum atomic E-state index is 5.82. The fourth-order valence-corrected chi connectivity index (χ4v) is 1.45. The van der Waals surface area contributed by atoms with Gasteiger partial charge in [-0.1, -0.05) is 30.6 Å². The van der Waals surface area contributed by atoms with Crippen molar-refractivity contribution in [1.29, 1.82) is 0 Å². The second-order valence-electron chi connectivity index (χ2n) is 2.61. The fourth-order valence-electron chi connectivity index (χ4n) is 1.13. The molecule has 0 fully saturated rings. The zero-order valence-corrected chi connectivity index (χ0v) is 7.87. The number of aryl methyl sites for hydroxylation is 1. The van der Waals surface area contributed by atoms with Crippen LogP contribution >= 0.6 is 23.2 Å². The van der Waals surface area contributed by atoms with Gasteiger partial charge >= 0.3 is 0 Å². The third kappa shape index (κ3) is 1.79. The Balaban J connectivity index is 0.000000845. The van der Waals surface area contributed by atoms with Crippen LogP contribution in [-0.4, -0.2) is 9.97 Å². The van der Waals surface area contributed by atoms with Gasteiger partial charge in [0.1, 0.15) is 5.82 Å². The molecule has 0 saturated carbocycles. The summed E-state index contributed by atoms with van der Waals surface area (Å²) in [5, 5.41) is 1.09. The van der Waals surface area contributed by atoms with Gasteiger partial charge in [0.05, 0.1) is 21.1 Å². The molecule has 0 saturated heterocycles. The standard InChI is InChI=1S/C8H6Cl2N2.CH4/c1-4-11-7-2-5(9)6(10)3-8(7)12-4;/h2-3H,1H3,(H,11,12);1H4. The molecule has 4 heteroatoms. The van der Waals surface area contributed by atoms with Crippen molar-refractivity contribution in [1.82, 2.24) is 9.97 Å². The van der Waals surface area contributed by atoms with Crippen molar-refractivity contribution in [3.05, 3.63) is 28.0 Å². The monoisotopic (exact) mass is 216 g/mol. The molecule has 0 aliphatic heterocycles. The predicted molar refractivity (Wildman–Crippen MR) is 57.6 cm³/mol. The Labute approximate surface area is 86.9 Å². The molecule has 0 unspecified atom stereocenters. The molecule has 13 heavy (non-hydrogen) atoms. The lowest BCUT2D eigenvalue weighted by Gasteiger charge is -1.93. The molecular weight excluding hydrogens is 207 g/mol.